The number of nitrogens with one attached hydrogen (secondary N) is 1. The van der Waals surface area contributed by atoms with E-state index >= 15 is 0 Å². The Morgan fingerprint density at radius 3 is 1.41 bits per heavy atom. The van der Waals surface area contributed by atoms with Gasteiger partial charge < -0.3 is 20.6 Å². The van der Waals surface area contributed by atoms with Crippen LogP contribution in [0, 0.1) is 23.7 Å². The standard InChI is InChI=1S/C29H51NO4/c1-2-3-4-5-6-7-8-9-10-11-12-13-14-15-16-17-18-19-20-21-22-23-24-28(34)30-29(25-31,26-32)27-33/h31-33H,2-12,17-27H2,1H3,(H,30,34). The molecule has 0 bridgehead atoms. The predicted octanol–water partition coefficient (Wildman–Crippen LogP) is 5.26. The quantitative estimate of drug-likeness (QED) is 0.127. The summed E-state index contributed by atoms with van der Waals surface area (Å²) in [5, 5.41) is 30.2. The minimum atomic E-state index is -1.32. The Morgan fingerprint density at radius 2 is 1.00 bits per heavy atom. The third-order valence-electron chi connectivity index (χ3n) is 6.16. The molecule has 0 saturated carbocycles. The summed E-state index contributed by atoms with van der Waals surface area (Å²) < 4.78 is 0. The van der Waals surface area contributed by atoms with Gasteiger partial charge in [0.05, 0.1) is 19.8 Å². The third-order valence-corrected chi connectivity index (χ3v) is 6.16. The van der Waals surface area contributed by atoms with E-state index in [-0.39, 0.29) is 5.91 Å². The van der Waals surface area contributed by atoms with Crippen molar-refractivity contribution >= 4 is 5.91 Å². The van der Waals surface area contributed by atoms with Gasteiger partial charge in [-0.15, -0.1) is 0 Å². The molecule has 0 unspecified atom stereocenters. The van der Waals surface area contributed by atoms with Crippen LogP contribution in [0.25, 0.3) is 0 Å². The number of hydrogen-bond donors (Lipinski definition) is 4. The zero-order chi connectivity index (χ0) is 25.2. The fourth-order valence-electron chi connectivity index (χ4n) is 3.75. The van der Waals surface area contributed by atoms with Gasteiger partial charge in [0.15, 0.2) is 0 Å². The average Bonchev–Trinajstić information content (AvgIpc) is 2.85. The lowest BCUT2D eigenvalue weighted by Crippen LogP contribution is -2.57. The lowest BCUT2D eigenvalue weighted by molar-refractivity contribution is -0.125. The highest BCUT2D eigenvalue weighted by Crippen LogP contribution is 2.11. The summed E-state index contributed by atoms with van der Waals surface area (Å²) in [5.74, 6) is 12.0. The van der Waals surface area contributed by atoms with E-state index in [2.05, 4.69) is 35.9 Å². The van der Waals surface area contributed by atoms with Crippen LogP contribution in [-0.4, -0.2) is 46.6 Å². The molecule has 0 spiro atoms. The first kappa shape index (κ1) is 32.5. The highest BCUT2D eigenvalue weighted by molar-refractivity contribution is 5.76. The van der Waals surface area contributed by atoms with E-state index in [1.54, 1.807) is 0 Å². The Balaban J connectivity index is 3.48. The number of unbranched alkanes of at least 4 members (excludes halogenated alkanes) is 16. The van der Waals surface area contributed by atoms with Crippen molar-refractivity contribution in [1.29, 1.82) is 0 Å². The Hall–Kier alpha value is -1.53. The molecule has 5 nitrogen and oxygen atoms in total. The fourth-order valence-corrected chi connectivity index (χ4v) is 3.75. The monoisotopic (exact) mass is 477 g/mol. The van der Waals surface area contributed by atoms with Crippen molar-refractivity contribution in [3.63, 3.8) is 0 Å². The zero-order valence-corrected chi connectivity index (χ0v) is 21.8. The lowest BCUT2D eigenvalue weighted by Gasteiger charge is -2.28. The van der Waals surface area contributed by atoms with Crippen LogP contribution in [0.5, 0.6) is 0 Å². The molecule has 0 fully saturated rings. The van der Waals surface area contributed by atoms with E-state index in [1.165, 1.54) is 64.2 Å². The van der Waals surface area contributed by atoms with Gasteiger partial charge in [-0.3, -0.25) is 4.79 Å². The first-order chi connectivity index (χ1) is 16.6. The van der Waals surface area contributed by atoms with Crippen LogP contribution in [0.4, 0.5) is 0 Å². The first-order valence-electron chi connectivity index (χ1n) is 13.7. The topological polar surface area (TPSA) is 89.8 Å². The van der Waals surface area contributed by atoms with E-state index in [9.17, 15) is 20.1 Å². The number of amides is 1. The highest BCUT2D eigenvalue weighted by atomic mass is 16.3. The molecule has 0 aliphatic carbocycles. The van der Waals surface area contributed by atoms with Crippen LogP contribution in [0.15, 0.2) is 0 Å². The SMILES string of the molecule is CCCCCCCCCCCCC#CC#CCCCCCCCCC(=O)NC(CO)(CO)CO. The Morgan fingerprint density at radius 1 is 0.618 bits per heavy atom. The van der Waals surface area contributed by atoms with Gasteiger partial charge >= 0.3 is 0 Å². The third kappa shape index (κ3) is 19.9. The lowest BCUT2D eigenvalue weighted by atomic mass is 10.0. The molecule has 0 aliphatic heterocycles. The first-order valence-corrected chi connectivity index (χ1v) is 13.7. The van der Waals surface area contributed by atoms with Crippen molar-refractivity contribution in [2.75, 3.05) is 19.8 Å². The van der Waals surface area contributed by atoms with Crippen LogP contribution in [0.3, 0.4) is 0 Å². The second kappa shape index (κ2) is 24.6. The minimum Gasteiger partial charge on any atom is -0.394 e. The Labute approximate surface area is 209 Å². The molecule has 5 heteroatoms. The van der Waals surface area contributed by atoms with Crippen molar-refractivity contribution in [3.05, 3.63) is 0 Å². The maximum absolute atomic E-state index is 11.9. The van der Waals surface area contributed by atoms with Gasteiger partial charge in [-0.1, -0.05) is 102 Å². The van der Waals surface area contributed by atoms with E-state index in [0.29, 0.717) is 6.42 Å². The van der Waals surface area contributed by atoms with Gasteiger partial charge in [-0.25, -0.2) is 0 Å². The van der Waals surface area contributed by atoms with Crippen LogP contribution >= 0.6 is 0 Å². The molecule has 1 amide bonds. The van der Waals surface area contributed by atoms with Crippen molar-refractivity contribution in [2.24, 2.45) is 0 Å². The maximum Gasteiger partial charge on any atom is 0.220 e. The summed E-state index contributed by atoms with van der Waals surface area (Å²) in [7, 11) is 0. The molecule has 0 aromatic carbocycles. The number of hydrogen-bond acceptors (Lipinski definition) is 4. The second-order valence-corrected chi connectivity index (χ2v) is 9.46. The number of carbonyl (C=O) groups excluding carboxylic acids is 1. The molecule has 0 aromatic rings. The van der Waals surface area contributed by atoms with Crippen LogP contribution in [0.1, 0.15) is 129 Å². The molecule has 0 rings (SSSR count). The number of aliphatic hydroxyl groups is 3. The van der Waals surface area contributed by atoms with Crippen LogP contribution in [-0.2, 0) is 4.79 Å². The normalized spacial score (nSPS) is 10.8. The van der Waals surface area contributed by atoms with Gasteiger partial charge in [0, 0.05) is 19.3 Å². The second-order valence-electron chi connectivity index (χ2n) is 9.46. The molecular weight excluding hydrogens is 426 g/mol. The van der Waals surface area contributed by atoms with Gasteiger partial charge in [-0.2, -0.15) is 0 Å². The highest BCUT2D eigenvalue weighted by Gasteiger charge is 2.29. The Bertz CT molecular complexity index is 584. The van der Waals surface area contributed by atoms with Gasteiger partial charge in [-0.05, 0) is 31.1 Å². The van der Waals surface area contributed by atoms with Crippen LogP contribution < -0.4 is 5.32 Å². The van der Waals surface area contributed by atoms with E-state index in [0.717, 1.165) is 51.4 Å². The summed E-state index contributed by atoms with van der Waals surface area (Å²) in [6, 6.07) is 0. The largest absolute Gasteiger partial charge is 0.394 e. The smallest absolute Gasteiger partial charge is 0.220 e. The van der Waals surface area contributed by atoms with E-state index in [4.69, 9.17) is 0 Å². The number of rotatable bonds is 22. The molecule has 0 saturated heterocycles. The number of aliphatic hydroxyl groups excluding tert-OH is 3. The summed E-state index contributed by atoms with van der Waals surface area (Å²) in [4.78, 5) is 11.9. The predicted molar refractivity (Wildman–Crippen MR) is 141 cm³/mol. The zero-order valence-electron chi connectivity index (χ0n) is 21.8. The van der Waals surface area contributed by atoms with Crippen molar-refractivity contribution in [2.45, 2.75) is 134 Å². The molecule has 196 valence electrons. The minimum absolute atomic E-state index is 0.248. The number of carbonyl (C=O) groups is 1. The molecule has 0 radical (unpaired) electrons. The summed E-state index contributed by atoms with van der Waals surface area (Å²) in [6.45, 7) is 0.804. The Kier molecular flexibility index (Phi) is 23.5. The molecule has 4 N–H and O–H groups in total. The fraction of sp³-hybridized carbons (Fsp3) is 0.828. The summed E-state index contributed by atoms with van der Waals surface area (Å²) >= 11 is 0. The molecule has 0 heterocycles. The molecular formula is C29H51NO4. The van der Waals surface area contributed by atoms with Crippen molar-refractivity contribution in [1.82, 2.24) is 5.32 Å². The van der Waals surface area contributed by atoms with E-state index < -0.39 is 25.4 Å². The van der Waals surface area contributed by atoms with Crippen molar-refractivity contribution < 1.29 is 20.1 Å². The summed E-state index contributed by atoms with van der Waals surface area (Å²) in [5.41, 5.74) is -1.32. The van der Waals surface area contributed by atoms with Gasteiger partial charge in [0.2, 0.25) is 5.91 Å². The molecule has 34 heavy (non-hydrogen) atoms. The molecule has 0 aromatic heterocycles. The van der Waals surface area contributed by atoms with E-state index in [1.807, 2.05) is 0 Å². The van der Waals surface area contributed by atoms with Crippen molar-refractivity contribution in [3.8, 4) is 23.7 Å². The van der Waals surface area contributed by atoms with Crippen LogP contribution in [0.2, 0.25) is 0 Å². The molecule has 0 aliphatic rings. The van der Waals surface area contributed by atoms with Gasteiger partial charge in [0.1, 0.15) is 5.54 Å². The summed E-state index contributed by atoms with van der Waals surface area (Å²) in [6.07, 6.45) is 21.8. The van der Waals surface area contributed by atoms with Gasteiger partial charge in [0.25, 0.3) is 0 Å². The molecule has 0 atom stereocenters. The average molecular weight is 478 g/mol. The maximum atomic E-state index is 11.9.